The number of carbonyl (C=O) groups excluding carboxylic acids is 2. The standard InChI is InChI=1S/C18H16N4O3/c23-17(21-16-8-4-5-10-19-16)9-11-20-18(24)14-12-15(25-22-14)13-6-2-1-3-7-13/h1-8,10,12H,9,11H2,(H,20,24)(H,19,21,23). The molecule has 0 saturated carbocycles. The minimum atomic E-state index is -0.392. The Balaban J connectivity index is 1.48. The van der Waals surface area contributed by atoms with Crippen LogP contribution in [0.15, 0.2) is 65.3 Å². The van der Waals surface area contributed by atoms with Crippen LogP contribution in [0.2, 0.25) is 0 Å². The fourth-order valence-corrected chi connectivity index (χ4v) is 2.14. The summed E-state index contributed by atoms with van der Waals surface area (Å²) in [5.74, 6) is 0.363. The number of amides is 2. The highest BCUT2D eigenvalue weighted by atomic mass is 16.5. The lowest BCUT2D eigenvalue weighted by Crippen LogP contribution is -2.28. The Morgan fingerprint density at radius 1 is 1.04 bits per heavy atom. The highest BCUT2D eigenvalue weighted by Crippen LogP contribution is 2.19. The first-order chi connectivity index (χ1) is 12.2. The highest BCUT2D eigenvalue weighted by Gasteiger charge is 2.13. The van der Waals surface area contributed by atoms with E-state index in [1.54, 1.807) is 30.5 Å². The number of pyridine rings is 1. The molecule has 2 N–H and O–H groups in total. The fraction of sp³-hybridized carbons (Fsp3) is 0.111. The lowest BCUT2D eigenvalue weighted by Gasteiger charge is -2.04. The van der Waals surface area contributed by atoms with Crippen LogP contribution >= 0.6 is 0 Å². The van der Waals surface area contributed by atoms with Crippen molar-refractivity contribution in [2.75, 3.05) is 11.9 Å². The summed E-state index contributed by atoms with van der Waals surface area (Å²) in [4.78, 5) is 27.8. The minimum absolute atomic E-state index is 0.131. The summed E-state index contributed by atoms with van der Waals surface area (Å²) in [7, 11) is 0. The molecule has 1 aromatic carbocycles. The predicted molar refractivity (Wildman–Crippen MR) is 91.8 cm³/mol. The van der Waals surface area contributed by atoms with Gasteiger partial charge in [0.15, 0.2) is 11.5 Å². The zero-order chi connectivity index (χ0) is 17.5. The van der Waals surface area contributed by atoms with Gasteiger partial charge in [0.2, 0.25) is 5.91 Å². The second kappa shape index (κ2) is 7.87. The number of nitrogens with zero attached hydrogens (tertiary/aromatic N) is 2. The van der Waals surface area contributed by atoms with Crippen LogP contribution in [0.25, 0.3) is 11.3 Å². The fourth-order valence-electron chi connectivity index (χ4n) is 2.14. The van der Waals surface area contributed by atoms with Gasteiger partial charge in [0.1, 0.15) is 5.82 Å². The van der Waals surface area contributed by atoms with Gasteiger partial charge in [-0.1, -0.05) is 41.6 Å². The molecule has 0 aliphatic heterocycles. The van der Waals surface area contributed by atoms with Gasteiger partial charge in [0, 0.05) is 30.8 Å². The van der Waals surface area contributed by atoms with Gasteiger partial charge in [0.25, 0.3) is 5.91 Å². The van der Waals surface area contributed by atoms with Crippen molar-refractivity contribution in [3.05, 3.63) is 66.5 Å². The van der Waals surface area contributed by atoms with E-state index in [1.807, 2.05) is 30.3 Å². The van der Waals surface area contributed by atoms with Crippen LogP contribution in [0, 0.1) is 0 Å². The van der Waals surface area contributed by atoms with Crippen molar-refractivity contribution in [2.45, 2.75) is 6.42 Å². The molecule has 2 aromatic heterocycles. The summed E-state index contributed by atoms with van der Waals surface area (Å²) in [6.07, 6.45) is 1.72. The number of carbonyl (C=O) groups is 2. The third kappa shape index (κ3) is 4.51. The number of anilines is 1. The van der Waals surface area contributed by atoms with Crippen molar-refractivity contribution in [1.29, 1.82) is 0 Å². The Labute approximate surface area is 144 Å². The summed E-state index contributed by atoms with van der Waals surface area (Å²) >= 11 is 0. The summed E-state index contributed by atoms with van der Waals surface area (Å²) < 4.78 is 5.18. The molecule has 0 atom stereocenters. The number of benzene rings is 1. The van der Waals surface area contributed by atoms with Gasteiger partial charge in [-0.2, -0.15) is 0 Å². The van der Waals surface area contributed by atoms with E-state index in [-0.39, 0.29) is 24.6 Å². The van der Waals surface area contributed by atoms with Crippen LogP contribution in [0.1, 0.15) is 16.9 Å². The van der Waals surface area contributed by atoms with E-state index in [0.29, 0.717) is 11.6 Å². The largest absolute Gasteiger partial charge is 0.355 e. The number of rotatable bonds is 6. The predicted octanol–water partition coefficient (Wildman–Crippen LogP) is 2.50. The molecule has 0 bridgehead atoms. The van der Waals surface area contributed by atoms with Gasteiger partial charge in [-0.15, -0.1) is 0 Å². The van der Waals surface area contributed by atoms with Gasteiger partial charge < -0.3 is 15.2 Å². The molecule has 3 aromatic rings. The molecule has 3 rings (SSSR count). The van der Waals surface area contributed by atoms with Crippen LogP contribution < -0.4 is 10.6 Å². The van der Waals surface area contributed by atoms with E-state index < -0.39 is 5.91 Å². The van der Waals surface area contributed by atoms with E-state index >= 15 is 0 Å². The topological polar surface area (TPSA) is 97.1 Å². The van der Waals surface area contributed by atoms with Gasteiger partial charge in [-0.25, -0.2) is 4.98 Å². The van der Waals surface area contributed by atoms with Crippen LogP contribution in [0.5, 0.6) is 0 Å². The Morgan fingerprint density at radius 2 is 1.84 bits per heavy atom. The van der Waals surface area contributed by atoms with Crippen LogP contribution in [-0.4, -0.2) is 28.5 Å². The second-order valence-corrected chi connectivity index (χ2v) is 5.21. The van der Waals surface area contributed by atoms with Gasteiger partial charge in [-0.3, -0.25) is 9.59 Å². The van der Waals surface area contributed by atoms with Crippen LogP contribution in [-0.2, 0) is 4.79 Å². The van der Waals surface area contributed by atoms with Crippen molar-refractivity contribution < 1.29 is 14.1 Å². The Kier molecular flexibility index (Phi) is 5.16. The molecule has 0 aliphatic carbocycles. The molecule has 126 valence electrons. The van der Waals surface area contributed by atoms with E-state index in [2.05, 4.69) is 20.8 Å². The molecule has 7 nitrogen and oxygen atoms in total. The van der Waals surface area contributed by atoms with Crippen LogP contribution in [0.4, 0.5) is 5.82 Å². The normalized spacial score (nSPS) is 10.2. The van der Waals surface area contributed by atoms with Crippen molar-refractivity contribution in [3.8, 4) is 11.3 Å². The molecule has 7 heteroatoms. The monoisotopic (exact) mass is 336 g/mol. The maximum Gasteiger partial charge on any atom is 0.273 e. The van der Waals surface area contributed by atoms with Crippen molar-refractivity contribution in [3.63, 3.8) is 0 Å². The summed E-state index contributed by atoms with van der Waals surface area (Å²) in [5, 5.41) is 9.04. The summed E-state index contributed by atoms with van der Waals surface area (Å²) in [6, 6.07) is 16.2. The Morgan fingerprint density at radius 3 is 2.60 bits per heavy atom. The molecule has 25 heavy (non-hydrogen) atoms. The van der Waals surface area contributed by atoms with Crippen molar-refractivity contribution in [2.24, 2.45) is 0 Å². The molecule has 0 spiro atoms. The van der Waals surface area contributed by atoms with E-state index in [9.17, 15) is 9.59 Å². The molecule has 0 radical (unpaired) electrons. The molecule has 0 saturated heterocycles. The van der Waals surface area contributed by atoms with Crippen molar-refractivity contribution in [1.82, 2.24) is 15.5 Å². The highest BCUT2D eigenvalue weighted by molar-refractivity contribution is 5.94. The van der Waals surface area contributed by atoms with Gasteiger partial charge >= 0.3 is 0 Å². The smallest absolute Gasteiger partial charge is 0.273 e. The average molecular weight is 336 g/mol. The second-order valence-electron chi connectivity index (χ2n) is 5.21. The average Bonchev–Trinajstić information content (AvgIpc) is 3.13. The molecular formula is C18H16N4O3. The molecule has 0 fully saturated rings. The lowest BCUT2D eigenvalue weighted by atomic mass is 10.1. The quantitative estimate of drug-likeness (QED) is 0.721. The van der Waals surface area contributed by atoms with Gasteiger partial charge in [0.05, 0.1) is 0 Å². The first-order valence-electron chi connectivity index (χ1n) is 7.73. The molecule has 2 heterocycles. The van der Waals surface area contributed by atoms with Crippen LogP contribution in [0.3, 0.4) is 0 Å². The van der Waals surface area contributed by atoms with E-state index in [1.165, 1.54) is 0 Å². The molecule has 2 amide bonds. The maximum absolute atomic E-state index is 12.1. The number of hydrogen-bond acceptors (Lipinski definition) is 5. The molecular weight excluding hydrogens is 320 g/mol. The summed E-state index contributed by atoms with van der Waals surface area (Å²) in [5.41, 5.74) is 1.01. The third-order valence-electron chi connectivity index (χ3n) is 3.37. The SMILES string of the molecule is O=C(CCNC(=O)c1cc(-c2ccccc2)on1)Nc1ccccn1. The van der Waals surface area contributed by atoms with E-state index in [4.69, 9.17) is 4.52 Å². The van der Waals surface area contributed by atoms with Gasteiger partial charge in [-0.05, 0) is 12.1 Å². The van der Waals surface area contributed by atoms with Crippen molar-refractivity contribution >= 4 is 17.6 Å². The lowest BCUT2D eigenvalue weighted by molar-refractivity contribution is -0.116. The molecule has 0 aliphatic rings. The number of aromatic nitrogens is 2. The maximum atomic E-state index is 12.1. The first kappa shape index (κ1) is 16.4. The minimum Gasteiger partial charge on any atom is -0.355 e. The third-order valence-corrected chi connectivity index (χ3v) is 3.37. The number of hydrogen-bond donors (Lipinski definition) is 2. The first-order valence-corrected chi connectivity index (χ1v) is 7.73. The summed E-state index contributed by atoms with van der Waals surface area (Å²) in [6.45, 7) is 0.186. The van der Waals surface area contributed by atoms with E-state index in [0.717, 1.165) is 5.56 Å². The Hall–Kier alpha value is -3.48. The number of nitrogens with one attached hydrogen (secondary N) is 2. The zero-order valence-electron chi connectivity index (χ0n) is 13.3. The Bertz CT molecular complexity index is 847. The zero-order valence-corrected chi connectivity index (χ0v) is 13.3. The molecule has 0 unspecified atom stereocenters.